The van der Waals surface area contributed by atoms with Crippen molar-refractivity contribution in [2.75, 3.05) is 36.9 Å². The van der Waals surface area contributed by atoms with Crippen LogP contribution < -0.4 is 16.0 Å². The Kier molecular flexibility index (Phi) is 12.8. The number of anilines is 2. The van der Waals surface area contributed by atoms with Gasteiger partial charge in [0.05, 0.1) is 19.7 Å². The molecule has 0 saturated heterocycles. The second-order valence-electron chi connectivity index (χ2n) is 10.6. The van der Waals surface area contributed by atoms with E-state index in [1.807, 2.05) is 26.0 Å². The average Bonchev–Trinajstić information content (AvgIpc) is 2.93. The first-order valence-electron chi connectivity index (χ1n) is 14.0. The minimum atomic E-state index is -0.682. The van der Waals surface area contributed by atoms with Crippen LogP contribution in [0.15, 0.2) is 36.4 Å². The SMILES string of the molecule is CCOC(=O)CN(C(=O)CC)C(=O)CNc1cc(C)c(C#CCNc2ccc(C(=N)NC(=O)OC(C)(C)C)cc2)cc1C. The molecule has 0 spiro atoms. The second-order valence-corrected chi connectivity index (χ2v) is 10.6. The maximum absolute atomic E-state index is 12.7. The van der Waals surface area contributed by atoms with Gasteiger partial charge >= 0.3 is 12.1 Å². The predicted molar refractivity (Wildman–Crippen MR) is 166 cm³/mol. The number of alkyl carbamates (subject to hydrolysis) is 1. The highest BCUT2D eigenvalue weighted by Crippen LogP contribution is 2.20. The summed E-state index contributed by atoms with van der Waals surface area (Å²) in [6.45, 7) is 12.3. The lowest BCUT2D eigenvalue weighted by atomic mass is 10.0. The second kappa shape index (κ2) is 16.0. The maximum Gasteiger partial charge on any atom is 0.413 e. The minimum Gasteiger partial charge on any atom is -0.465 e. The maximum atomic E-state index is 12.7. The molecule has 0 aliphatic heterocycles. The highest BCUT2D eigenvalue weighted by molar-refractivity contribution is 6.04. The number of aryl methyl sites for hydroxylation is 2. The Bertz CT molecular complexity index is 1400. The molecular formula is C32H41N5O6. The molecule has 0 aromatic heterocycles. The number of amidine groups is 1. The molecule has 0 saturated carbocycles. The van der Waals surface area contributed by atoms with E-state index < -0.39 is 36.0 Å². The number of nitrogens with one attached hydrogen (secondary N) is 4. The van der Waals surface area contributed by atoms with Crippen LogP contribution in [0.5, 0.6) is 0 Å². The van der Waals surface area contributed by atoms with Crippen molar-refractivity contribution in [1.29, 1.82) is 5.41 Å². The van der Waals surface area contributed by atoms with Gasteiger partial charge in [-0.25, -0.2) is 4.79 Å². The quantitative estimate of drug-likeness (QED) is 0.138. The summed E-state index contributed by atoms with van der Waals surface area (Å²) < 4.78 is 10.1. The van der Waals surface area contributed by atoms with E-state index in [1.165, 1.54) is 0 Å². The molecule has 0 bridgehead atoms. The standard InChI is InChI=1S/C32H41N5O6/c1-8-27(38)37(20-29(40)42-9-2)28(39)19-35-26-18-21(3)24(17-22(26)4)11-10-16-34-25-14-12-23(13-15-25)30(33)36-31(41)43-32(5,6)7/h12-15,17-18,34-35H,8-9,16,19-20H2,1-7H3,(H2,33,36,41). The molecule has 2 aromatic rings. The number of hydrogen-bond donors (Lipinski definition) is 4. The highest BCUT2D eigenvalue weighted by atomic mass is 16.6. The normalized spacial score (nSPS) is 10.5. The number of carbonyl (C=O) groups excluding carboxylic acids is 4. The summed E-state index contributed by atoms with van der Waals surface area (Å²) in [5.74, 6) is 4.59. The van der Waals surface area contributed by atoms with E-state index in [0.29, 0.717) is 12.1 Å². The molecule has 11 nitrogen and oxygen atoms in total. The molecule has 2 rings (SSSR count). The Labute approximate surface area is 253 Å². The van der Waals surface area contributed by atoms with Gasteiger partial charge in [0.2, 0.25) is 11.8 Å². The third-order valence-electron chi connectivity index (χ3n) is 5.90. The molecular weight excluding hydrogens is 550 g/mol. The topological polar surface area (TPSA) is 150 Å². The van der Waals surface area contributed by atoms with Crippen molar-refractivity contribution >= 4 is 41.1 Å². The Morgan fingerprint density at radius 2 is 1.63 bits per heavy atom. The Balaban J connectivity index is 1.95. The van der Waals surface area contributed by atoms with Gasteiger partial charge in [0, 0.05) is 28.9 Å². The first-order valence-corrected chi connectivity index (χ1v) is 14.0. The van der Waals surface area contributed by atoms with Crippen LogP contribution in [0.25, 0.3) is 0 Å². The third-order valence-corrected chi connectivity index (χ3v) is 5.90. The fraction of sp³-hybridized carbons (Fsp3) is 0.406. The molecule has 3 amide bonds. The van der Waals surface area contributed by atoms with Gasteiger partial charge in [-0.15, -0.1) is 0 Å². The van der Waals surface area contributed by atoms with Crippen LogP contribution in [0.1, 0.15) is 63.3 Å². The zero-order valence-electron chi connectivity index (χ0n) is 25.9. The van der Waals surface area contributed by atoms with Gasteiger partial charge in [-0.05, 0) is 89.1 Å². The summed E-state index contributed by atoms with van der Waals surface area (Å²) in [6, 6.07) is 10.8. The van der Waals surface area contributed by atoms with Crippen molar-refractivity contribution < 1.29 is 28.7 Å². The number of esters is 1. The molecule has 230 valence electrons. The van der Waals surface area contributed by atoms with Crippen LogP contribution in [0.2, 0.25) is 0 Å². The molecule has 0 unspecified atom stereocenters. The largest absolute Gasteiger partial charge is 0.465 e. The predicted octanol–water partition coefficient (Wildman–Crippen LogP) is 4.36. The van der Waals surface area contributed by atoms with E-state index in [-0.39, 0.29) is 25.4 Å². The lowest BCUT2D eigenvalue weighted by molar-refractivity contribution is -0.154. The van der Waals surface area contributed by atoms with Crippen LogP contribution in [0.4, 0.5) is 16.2 Å². The van der Waals surface area contributed by atoms with Gasteiger partial charge in [-0.3, -0.25) is 30.0 Å². The first-order chi connectivity index (χ1) is 20.2. The summed E-state index contributed by atoms with van der Waals surface area (Å²) in [7, 11) is 0. The molecule has 0 radical (unpaired) electrons. The summed E-state index contributed by atoms with van der Waals surface area (Å²) in [5, 5.41) is 16.8. The third kappa shape index (κ3) is 11.5. The Morgan fingerprint density at radius 3 is 2.23 bits per heavy atom. The summed E-state index contributed by atoms with van der Waals surface area (Å²) in [4.78, 5) is 49.6. The minimum absolute atomic E-state index is 0.0582. The lowest BCUT2D eigenvalue weighted by Gasteiger charge is -2.20. The molecule has 2 aromatic carbocycles. The van der Waals surface area contributed by atoms with Crippen LogP contribution in [0, 0.1) is 31.1 Å². The van der Waals surface area contributed by atoms with E-state index in [9.17, 15) is 19.2 Å². The van der Waals surface area contributed by atoms with Crippen LogP contribution in [-0.4, -0.2) is 66.5 Å². The van der Waals surface area contributed by atoms with Crippen molar-refractivity contribution in [2.24, 2.45) is 0 Å². The lowest BCUT2D eigenvalue weighted by Crippen LogP contribution is -2.43. The summed E-state index contributed by atoms with van der Waals surface area (Å²) in [5.41, 5.74) is 4.02. The van der Waals surface area contributed by atoms with E-state index in [4.69, 9.17) is 14.9 Å². The molecule has 0 heterocycles. The molecule has 0 atom stereocenters. The van der Waals surface area contributed by atoms with Gasteiger partial charge < -0.3 is 20.1 Å². The van der Waals surface area contributed by atoms with Crippen LogP contribution >= 0.6 is 0 Å². The average molecular weight is 592 g/mol. The number of hydrogen-bond acceptors (Lipinski definition) is 9. The van der Waals surface area contributed by atoms with E-state index in [2.05, 4.69) is 27.8 Å². The number of imide groups is 1. The van der Waals surface area contributed by atoms with Crippen molar-refractivity contribution in [3.63, 3.8) is 0 Å². The summed E-state index contributed by atoms with van der Waals surface area (Å²) >= 11 is 0. The van der Waals surface area contributed by atoms with Crippen LogP contribution in [-0.2, 0) is 23.9 Å². The fourth-order valence-electron chi connectivity index (χ4n) is 3.77. The van der Waals surface area contributed by atoms with Gasteiger partial charge in [-0.2, -0.15) is 0 Å². The Morgan fingerprint density at radius 1 is 0.953 bits per heavy atom. The van der Waals surface area contributed by atoms with Gasteiger partial charge in [-0.1, -0.05) is 18.8 Å². The molecule has 0 aliphatic rings. The zero-order valence-corrected chi connectivity index (χ0v) is 25.9. The molecule has 4 N–H and O–H groups in total. The number of benzene rings is 2. The highest BCUT2D eigenvalue weighted by Gasteiger charge is 2.23. The molecule has 0 aliphatic carbocycles. The number of carbonyl (C=O) groups is 4. The first kappa shape index (κ1) is 34.4. The van der Waals surface area contributed by atoms with Gasteiger partial charge in [0.1, 0.15) is 18.0 Å². The van der Waals surface area contributed by atoms with Crippen molar-refractivity contribution in [3.05, 3.63) is 58.7 Å². The number of rotatable bonds is 10. The summed E-state index contributed by atoms with van der Waals surface area (Å²) in [6.07, 6.45) is -0.589. The van der Waals surface area contributed by atoms with Crippen molar-refractivity contribution in [2.45, 2.75) is 60.5 Å². The van der Waals surface area contributed by atoms with E-state index >= 15 is 0 Å². The monoisotopic (exact) mass is 591 g/mol. The van der Waals surface area contributed by atoms with E-state index in [0.717, 1.165) is 33.0 Å². The number of nitrogens with zero attached hydrogens (tertiary/aromatic N) is 1. The van der Waals surface area contributed by atoms with E-state index in [1.54, 1.807) is 58.9 Å². The van der Waals surface area contributed by atoms with Gasteiger partial charge in [0.25, 0.3) is 0 Å². The molecule has 43 heavy (non-hydrogen) atoms. The van der Waals surface area contributed by atoms with Crippen molar-refractivity contribution in [1.82, 2.24) is 10.2 Å². The van der Waals surface area contributed by atoms with Crippen LogP contribution in [0.3, 0.4) is 0 Å². The van der Waals surface area contributed by atoms with Gasteiger partial charge in [0.15, 0.2) is 0 Å². The fourth-order valence-corrected chi connectivity index (χ4v) is 3.77. The molecule has 0 fully saturated rings. The van der Waals surface area contributed by atoms with Crippen molar-refractivity contribution in [3.8, 4) is 11.8 Å². The molecule has 11 heteroatoms. The number of amides is 3. The smallest absolute Gasteiger partial charge is 0.413 e. The Hall–Kier alpha value is -4.85. The zero-order chi connectivity index (χ0) is 32.2. The number of ether oxygens (including phenoxy) is 2.